The van der Waals surface area contributed by atoms with E-state index < -0.39 is 0 Å². The molecule has 1 aliphatic carbocycles. The van der Waals surface area contributed by atoms with Crippen LogP contribution < -0.4 is 11.1 Å². The van der Waals surface area contributed by atoms with Gasteiger partial charge in [0.15, 0.2) is 0 Å². The second-order valence-electron chi connectivity index (χ2n) is 4.24. The Bertz CT molecular complexity index is 339. The van der Waals surface area contributed by atoms with E-state index in [0.29, 0.717) is 17.3 Å². The molecule has 2 atom stereocenters. The molecule has 1 aromatic heterocycles. The Hall–Kier alpha value is -1.32. The lowest BCUT2D eigenvalue weighted by Gasteiger charge is -2.09. The number of aromatic nitrogens is 2. The molecule has 0 spiro atoms. The largest absolute Gasteiger partial charge is 0.384 e. The number of hydrogen-bond acceptors (Lipinski definition) is 4. The summed E-state index contributed by atoms with van der Waals surface area (Å²) in [4.78, 5) is 7.97. The van der Waals surface area contributed by atoms with Gasteiger partial charge in [-0.25, -0.2) is 9.97 Å². The summed E-state index contributed by atoms with van der Waals surface area (Å²) in [6.07, 6.45) is 3.90. The molecule has 1 aliphatic rings. The number of hydrogen-bond donors (Lipinski definition) is 2. The third kappa shape index (κ3) is 1.64. The molecule has 1 fully saturated rings. The zero-order valence-corrected chi connectivity index (χ0v) is 8.62. The Morgan fingerprint density at radius 2 is 2.43 bits per heavy atom. The predicted molar refractivity (Wildman–Crippen MR) is 56.9 cm³/mol. The van der Waals surface area contributed by atoms with Gasteiger partial charge in [-0.15, -0.1) is 0 Å². The molecule has 4 nitrogen and oxygen atoms in total. The zero-order chi connectivity index (χ0) is 10.2. The van der Waals surface area contributed by atoms with E-state index in [9.17, 15) is 0 Å². The SMILES string of the molecule is CCC1(C)CC1Nc1cc(N)ncn1. The van der Waals surface area contributed by atoms with Gasteiger partial charge in [0.2, 0.25) is 0 Å². The highest BCUT2D eigenvalue weighted by atomic mass is 15.1. The van der Waals surface area contributed by atoms with Crippen LogP contribution in [0.2, 0.25) is 0 Å². The maximum atomic E-state index is 5.56. The van der Waals surface area contributed by atoms with Gasteiger partial charge in [0.25, 0.3) is 0 Å². The third-order valence-corrected chi connectivity index (χ3v) is 3.17. The first-order valence-electron chi connectivity index (χ1n) is 4.98. The molecule has 1 aromatic rings. The number of rotatable bonds is 3. The minimum Gasteiger partial charge on any atom is -0.384 e. The van der Waals surface area contributed by atoms with E-state index >= 15 is 0 Å². The molecule has 0 radical (unpaired) electrons. The first kappa shape index (κ1) is 9.24. The third-order valence-electron chi connectivity index (χ3n) is 3.17. The predicted octanol–water partition coefficient (Wildman–Crippen LogP) is 1.66. The van der Waals surface area contributed by atoms with Crippen molar-refractivity contribution in [2.24, 2.45) is 5.41 Å². The number of nitrogens with one attached hydrogen (secondary N) is 1. The summed E-state index contributed by atoms with van der Waals surface area (Å²) < 4.78 is 0. The molecular formula is C10H16N4. The fourth-order valence-corrected chi connectivity index (χ4v) is 1.65. The van der Waals surface area contributed by atoms with Gasteiger partial charge in [-0.3, -0.25) is 0 Å². The smallest absolute Gasteiger partial charge is 0.131 e. The Kier molecular flexibility index (Phi) is 2.06. The lowest BCUT2D eigenvalue weighted by Crippen LogP contribution is -2.11. The highest BCUT2D eigenvalue weighted by Crippen LogP contribution is 2.49. The second-order valence-corrected chi connectivity index (χ2v) is 4.24. The van der Waals surface area contributed by atoms with Crippen molar-refractivity contribution in [3.8, 4) is 0 Å². The van der Waals surface area contributed by atoms with Gasteiger partial charge in [-0.05, 0) is 18.3 Å². The van der Waals surface area contributed by atoms with Crippen LogP contribution >= 0.6 is 0 Å². The molecule has 2 unspecified atom stereocenters. The molecule has 2 rings (SSSR count). The van der Waals surface area contributed by atoms with Crippen molar-refractivity contribution in [2.45, 2.75) is 32.7 Å². The lowest BCUT2D eigenvalue weighted by molar-refractivity contribution is 0.535. The van der Waals surface area contributed by atoms with Gasteiger partial charge in [-0.2, -0.15) is 0 Å². The minimum absolute atomic E-state index is 0.444. The number of nitrogens with two attached hydrogens (primary N) is 1. The van der Waals surface area contributed by atoms with Gasteiger partial charge in [0.05, 0.1) is 0 Å². The van der Waals surface area contributed by atoms with Crippen LogP contribution in [0.3, 0.4) is 0 Å². The fraction of sp³-hybridized carbons (Fsp3) is 0.600. The zero-order valence-electron chi connectivity index (χ0n) is 8.62. The van der Waals surface area contributed by atoms with Crippen molar-refractivity contribution >= 4 is 11.6 Å². The number of nitrogens with zero attached hydrogens (tertiary/aromatic N) is 2. The van der Waals surface area contributed by atoms with Gasteiger partial charge < -0.3 is 11.1 Å². The average Bonchev–Trinajstić information content (AvgIpc) is 2.78. The van der Waals surface area contributed by atoms with Crippen LogP contribution in [-0.4, -0.2) is 16.0 Å². The summed E-state index contributed by atoms with van der Waals surface area (Å²) in [5.74, 6) is 1.35. The fourth-order valence-electron chi connectivity index (χ4n) is 1.65. The van der Waals surface area contributed by atoms with Crippen LogP contribution in [0.15, 0.2) is 12.4 Å². The summed E-state index contributed by atoms with van der Waals surface area (Å²) in [7, 11) is 0. The standard InChI is InChI=1S/C10H16N4/c1-3-10(2)5-7(10)14-9-4-8(11)12-6-13-9/h4,6-7H,3,5H2,1-2H3,(H3,11,12,13,14). The van der Waals surface area contributed by atoms with E-state index in [1.807, 2.05) is 0 Å². The van der Waals surface area contributed by atoms with Crippen LogP contribution in [0, 0.1) is 5.41 Å². The Labute approximate surface area is 83.9 Å². The Balaban J connectivity index is 2.00. The Morgan fingerprint density at radius 3 is 3.00 bits per heavy atom. The molecule has 0 amide bonds. The van der Waals surface area contributed by atoms with E-state index in [0.717, 1.165) is 5.82 Å². The quantitative estimate of drug-likeness (QED) is 0.764. The summed E-state index contributed by atoms with van der Waals surface area (Å²) in [6, 6.07) is 2.32. The first-order chi connectivity index (χ1) is 6.64. The van der Waals surface area contributed by atoms with E-state index in [1.165, 1.54) is 19.2 Å². The van der Waals surface area contributed by atoms with Crippen LogP contribution in [0.1, 0.15) is 26.7 Å². The minimum atomic E-state index is 0.444. The molecule has 0 aliphatic heterocycles. The number of nitrogen functional groups attached to an aromatic ring is 1. The maximum Gasteiger partial charge on any atom is 0.131 e. The molecule has 1 saturated carbocycles. The van der Waals surface area contributed by atoms with Gasteiger partial charge >= 0.3 is 0 Å². The summed E-state index contributed by atoms with van der Waals surface area (Å²) in [6.45, 7) is 4.51. The average molecular weight is 192 g/mol. The monoisotopic (exact) mass is 192 g/mol. The van der Waals surface area contributed by atoms with Crippen LogP contribution in [0.4, 0.5) is 11.6 Å². The van der Waals surface area contributed by atoms with E-state index in [2.05, 4.69) is 29.1 Å². The molecule has 4 heteroatoms. The lowest BCUT2D eigenvalue weighted by atomic mass is 10.1. The number of anilines is 2. The summed E-state index contributed by atoms with van der Waals surface area (Å²) in [5.41, 5.74) is 6.01. The van der Waals surface area contributed by atoms with E-state index in [-0.39, 0.29) is 0 Å². The summed E-state index contributed by atoms with van der Waals surface area (Å²) >= 11 is 0. The molecule has 0 aromatic carbocycles. The molecule has 14 heavy (non-hydrogen) atoms. The topological polar surface area (TPSA) is 63.8 Å². The molecular weight excluding hydrogens is 176 g/mol. The molecule has 0 bridgehead atoms. The van der Waals surface area contributed by atoms with Crippen LogP contribution in [0.25, 0.3) is 0 Å². The van der Waals surface area contributed by atoms with Crippen LogP contribution in [-0.2, 0) is 0 Å². The maximum absolute atomic E-state index is 5.56. The van der Waals surface area contributed by atoms with Crippen molar-refractivity contribution in [2.75, 3.05) is 11.1 Å². The van der Waals surface area contributed by atoms with Crippen molar-refractivity contribution in [1.82, 2.24) is 9.97 Å². The van der Waals surface area contributed by atoms with Crippen molar-refractivity contribution in [1.29, 1.82) is 0 Å². The van der Waals surface area contributed by atoms with Crippen molar-refractivity contribution in [3.63, 3.8) is 0 Å². The highest BCUT2D eigenvalue weighted by molar-refractivity contribution is 5.45. The normalized spacial score (nSPS) is 30.0. The molecule has 1 heterocycles. The highest BCUT2D eigenvalue weighted by Gasteiger charge is 2.48. The molecule has 76 valence electrons. The molecule has 0 saturated heterocycles. The Morgan fingerprint density at radius 1 is 1.64 bits per heavy atom. The van der Waals surface area contributed by atoms with Crippen molar-refractivity contribution < 1.29 is 0 Å². The first-order valence-corrected chi connectivity index (χ1v) is 4.98. The summed E-state index contributed by atoms with van der Waals surface area (Å²) in [5, 5.41) is 3.37. The van der Waals surface area contributed by atoms with E-state index in [4.69, 9.17) is 5.73 Å². The van der Waals surface area contributed by atoms with Gasteiger partial charge in [0.1, 0.15) is 18.0 Å². The van der Waals surface area contributed by atoms with Gasteiger partial charge in [-0.1, -0.05) is 13.8 Å². The molecule has 3 N–H and O–H groups in total. The second kappa shape index (κ2) is 3.12. The van der Waals surface area contributed by atoms with Crippen LogP contribution in [0.5, 0.6) is 0 Å². The van der Waals surface area contributed by atoms with E-state index in [1.54, 1.807) is 6.07 Å². The van der Waals surface area contributed by atoms with Gasteiger partial charge in [0, 0.05) is 12.1 Å². The van der Waals surface area contributed by atoms with Crippen molar-refractivity contribution in [3.05, 3.63) is 12.4 Å².